The van der Waals surface area contributed by atoms with Gasteiger partial charge in [-0.2, -0.15) is 0 Å². The Bertz CT molecular complexity index is 417. The van der Waals surface area contributed by atoms with Gasteiger partial charge in [0.1, 0.15) is 11.4 Å². The summed E-state index contributed by atoms with van der Waals surface area (Å²) < 4.78 is 11.4. The summed E-state index contributed by atoms with van der Waals surface area (Å²) >= 11 is 0. The van der Waals surface area contributed by atoms with Crippen LogP contribution in [0, 0.1) is 6.92 Å². The summed E-state index contributed by atoms with van der Waals surface area (Å²) in [4.78, 5) is 2.43. The molecule has 1 aliphatic heterocycles. The number of aryl methyl sites for hydroxylation is 1. The number of morpholine rings is 1. The van der Waals surface area contributed by atoms with Crippen molar-refractivity contribution in [1.82, 2.24) is 4.90 Å². The quantitative estimate of drug-likeness (QED) is 0.837. The van der Waals surface area contributed by atoms with Crippen LogP contribution in [0.1, 0.15) is 31.9 Å². The van der Waals surface area contributed by atoms with Crippen LogP contribution in [0.2, 0.25) is 0 Å². The van der Waals surface area contributed by atoms with Gasteiger partial charge in [0.15, 0.2) is 0 Å². The highest BCUT2D eigenvalue weighted by Crippen LogP contribution is 2.22. The number of ether oxygens (including phenoxy) is 2. The van der Waals surface area contributed by atoms with Crippen LogP contribution < -0.4 is 4.74 Å². The molecule has 1 aromatic carbocycles. The third-order valence-electron chi connectivity index (χ3n) is 3.04. The molecule has 0 N–H and O–H groups in total. The maximum Gasteiger partial charge on any atom is 0.120 e. The standard InChI is InChI=1S/C16H25NO2/c1-13-9-14(12-17-5-7-18-8-6-17)11-15(10-13)19-16(2,3)4/h9-11H,5-8,12H2,1-4H3. The lowest BCUT2D eigenvalue weighted by Gasteiger charge is -2.27. The fourth-order valence-corrected chi connectivity index (χ4v) is 2.35. The number of rotatable bonds is 3. The molecule has 3 nitrogen and oxygen atoms in total. The van der Waals surface area contributed by atoms with E-state index in [-0.39, 0.29) is 5.60 Å². The average molecular weight is 263 g/mol. The largest absolute Gasteiger partial charge is 0.488 e. The summed E-state index contributed by atoms with van der Waals surface area (Å²) in [5.74, 6) is 0.968. The molecule has 2 rings (SSSR count). The van der Waals surface area contributed by atoms with Crippen molar-refractivity contribution in [2.24, 2.45) is 0 Å². The molecule has 0 radical (unpaired) electrons. The third-order valence-corrected chi connectivity index (χ3v) is 3.04. The molecule has 0 atom stereocenters. The lowest BCUT2D eigenvalue weighted by molar-refractivity contribution is 0.0341. The molecular formula is C16H25NO2. The van der Waals surface area contributed by atoms with Crippen molar-refractivity contribution in [3.8, 4) is 5.75 Å². The van der Waals surface area contributed by atoms with Crippen LogP contribution in [-0.4, -0.2) is 36.8 Å². The van der Waals surface area contributed by atoms with Gasteiger partial charge in [-0.1, -0.05) is 6.07 Å². The smallest absolute Gasteiger partial charge is 0.120 e. The highest BCUT2D eigenvalue weighted by Gasteiger charge is 2.14. The molecule has 0 amide bonds. The second kappa shape index (κ2) is 5.93. The summed E-state index contributed by atoms with van der Waals surface area (Å²) in [6, 6.07) is 6.51. The van der Waals surface area contributed by atoms with Gasteiger partial charge in [0, 0.05) is 19.6 Å². The van der Waals surface area contributed by atoms with Gasteiger partial charge in [0.2, 0.25) is 0 Å². The Balaban J connectivity index is 2.07. The molecule has 3 heteroatoms. The van der Waals surface area contributed by atoms with Crippen LogP contribution in [0.25, 0.3) is 0 Å². The van der Waals surface area contributed by atoms with E-state index in [9.17, 15) is 0 Å². The second-order valence-electron chi connectivity index (χ2n) is 6.26. The number of nitrogens with zero attached hydrogens (tertiary/aromatic N) is 1. The summed E-state index contributed by atoms with van der Waals surface area (Å²) in [6.45, 7) is 13.1. The van der Waals surface area contributed by atoms with E-state index in [0.717, 1.165) is 38.6 Å². The fourth-order valence-electron chi connectivity index (χ4n) is 2.35. The maximum absolute atomic E-state index is 5.97. The number of hydrogen-bond acceptors (Lipinski definition) is 3. The first-order valence-corrected chi connectivity index (χ1v) is 7.02. The molecular weight excluding hydrogens is 238 g/mol. The monoisotopic (exact) mass is 263 g/mol. The SMILES string of the molecule is Cc1cc(CN2CCOCC2)cc(OC(C)(C)C)c1. The molecule has 1 fully saturated rings. The van der Waals surface area contributed by atoms with Gasteiger partial charge in [0.25, 0.3) is 0 Å². The van der Waals surface area contributed by atoms with E-state index in [1.807, 2.05) is 0 Å². The van der Waals surface area contributed by atoms with Gasteiger partial charge in [-0.25, -0.2) is 0 Å². The van der Waals surface area contributed by atoms with E-state index >= 15 is 0 Å². The molecule has 0 saturated carbocycles. The predicted octanol–water partition coefficient (Wildman–Crippen LogP) is 3.00. The van der Waals surface area contributed by atoms with E-state index in [0.29, 0.717) is 0 Å². The normalized spacial score (nSPS) is 17.5. The number of benzene rings is 1. The highest BCUT2D eigenvalue weighted by atomic mass is 16.5. The van der Waals surface area contributed by atoms with Gasteiger partial charge in [0.05, 0.1) is 13.2 Å². The fraction of sp³-hybridized carbons (Fsp3) is 0.625. The Morgan fingerprint density at radius 3 is 2.47 bits per heavy atom. The van der Waals surface area contributed by atoms with E-state index < -0.39 is 0 Å². The molecule has 1 aliphatic rings. The van der Waals surface area contributed by atoms with Crippen molar-refractivity contribution in [2.75, 3.05) is 26.3 Å². The minimum absolute atomic E-state index is 0.149. The molecule has 1 aromatic rings. The summed E-state index contributed by atoms with van der Waals surface area (Å²) in [5.41, 5.74) is 2.43. The van der Waals surface area contributed by atoms with Gasteiger partial charge in [-0.15, -0.1) is 0 Å². The first-order chi connectivity index (χ1) is 8.92. The highest BCUT2D eigenvalue weighted by molar-refractivity contribution is 5.34. The van der Waals surface area contributed by atoms with Gasteiger partial charge < -0.3 is 9.47 Å². The summed E-state index contributed by atoms with van der Waals surface area (Å²) in [5, 5.41) is 0. The molecule has 19 heavy (non-hydrogen) atoms. The van der Waals surface area contributed by atoms with Crippen molar-refractivity contribution in [2.45, 2.75) is 39.8 Å². The first-order valence-electron chi connectivity index (χ1n) is 7.02. The zero-order valence-corrected chi connectivity index (χ0v) is 12.5. The second-order valence-corrected chi connectivity index (χ2v) is 6.26. The lowest BCUT2D eigenvalue weighted by atomic mass is 10.1. The molecule has 0 unspecified atom stereocenters. The Hall–Kier alpha value is -1.06. The Kier molecular flexibility index (Phi) is 4.48. The van der Waals surface area contributed by atoms with Crippen LogP contribution in [0.5, 0.6) is 5.75 Å². The zero-order chi connectivity index (χ0) is 13.9. The van der Waals surface area contributed by atoms with E-state index in [2.05, 4.69) is 50.8 Å². The van der Waals surface area contributed by atoms with E-state index in [1.54, 1.807) is 0 Å². The third kappa shape index (κ3) is 4.84. The Labute approximate surface area is 116 Å². The van der Waals surface area contributed by atoms with Crippen LogP contribution in [0.15, 0.2) is 18.2 Å². The average Bonchev–Trinajstić information content (AvgIpc) is 2.26. The van der Waals surface area contributed by atoms with E-state index in [1.165, 1.54) is 11.1 Å². The van der Waals surface area contributed by atoms with Crippen molar-refractivity contribution in [3.05, 3.63) is 29.3 Å². The van der Waals surface area contributed by atoms with Crippen LogP contribution >= 0.6 is 0 Å². The minimum Gasteiger partial charge on any atom is -0.488 e. The van der Waals surface area contributed by atoms with Gasteiger partial charge in [-0.05, 0) is 51.0 Å². The maximum atomic E-state index is 5.97. The molecule has 1 heterocycles. The Morgan fingerprint density at radius 1 is 1.16 bits per heavy atom. The predicted molar refractivity (Wildman–Crippen MR) is 77.7 cm³/mol. The number of hydrogen-bond donors (Lipinski definition) is 0. The zero-order valence-electron chi connectivity index (χ0n) is 12.5. The molecule has 0 aromatic heterocycles. The molecule has 0 spiro atoms. The van der Waals surface area contributed by atoms with Crippen LogP contribution in [-0.2, 0) is 11.3 Å². The van der Waals surface area contributed by atoms with Crippen LogP contribution in [0.4, 0.5) is 0 Å². The van der Waals surface area contributed by atoms with Gasteiger partial charge in [-0.3, -0.25) is 4.90 Å². The topological polar surface area (TPSA) is 21.7 Å². The Morgan fingerprint density at radius 2 is 1.84 bits per heavy atom. The lowest BCUT2D eigenvalue weighted by Crippen LogP contribution is -2.35. The first kappa shape index (κ1) is 14.4. The van der Waals surface area contributed by atoms with Crippen molar-refractivity contribution >= 4 is 0 Å². The van der Waals surface area contributed by atoms with Crippen LogP contribution in [0.3, 0.4) is 0 Å². The van der Waals surface area contributed by atoms with E-state index in [4.69, 9.17) is 9.47 Å². The van der Waals surface area contributed by atoms with Crippen molar-refractivity contribution in [1.29, 1.82) is 0 Å². The van der Waals surface area contributed by atoms with Crippen molar-refractivity contribution < 1.29 is 9.47 Å². The molecule has 106 valence electrons. The molecule has 0 aliphatic carbocycles. The summed E-state index contributed by atoms with van der Waals surface area (Å²) in [7, 11) is 0. The van der Waals surface area contributed by atoms with Gasteiger partial charge >= 0.3 is 0 Å². The summed E-state index contributed by atoms with van der Waals surface area (Å²) in [6.07, 6.45) is 0. The minimum atomic E-state index is -0.149. The molecule has 0 bridgehead atoms. The van der Waals surface area contributed by atoms with Crippen molar-refractivity contribution in [3.63, 3.8) is 0 Å². The molecule has 1 saturated heterocycles.